The summed E-state index contributed by atoms with van der Waals surface area (Å²) < 4.78 is 48.0. The SMILES string of the molecule is CC(=O)OCc1ccc(NC(=O)[C@@H](CCCNC(N)=O)NC(=O)C(NC(=O)OCCOCCNS(=O)(=O)NC(=O)OCCCNC(=O)CCCC(=O)ON2C(=O)CCC2=O)C(C)C)cc1. The van der Waals surface area contributed by atoms with Crippen molar-refractivity contribution in [3.63, 3.8) is 0 Å². The van der Waals surface area contributed by atoms with Crippen LogP contribution in [0, 0.1) is 5.92 Å². The Balaban J connectivity index is 1.65. The Bertz CT molecular complexity index is 1920. The maximum atomic E-state index is 13.3. The first kappa shape index (κ1) is 54.5. The fourth-order valence-corrected chi connectivity index (χ4v) is 6.02. The lowest BCUT2D eigenvalue weighted by Gasteiger charge is -2.25. The molecule has 1 saturated heterocycles. The van der Waals surface area contributed by atoms with Crippen molar-refractivity contribution in [1.29, 1.82) is 0 Å². The molecule has 9 N–H and O–H groups in total. The molecular weight excluding hydrogens is 887 g/mol. The molecule has 65 heavy (non-hydrogen) atoms. The molecule has 1 aromatic carbocycles. The maximum absolute atomic E-state index is 13.3. The number of esters is 1. The topological polar surface area (TPSA) is 364 Å². The molecule has 27 heteroatoms. The van der Waals surface area contributed by atoms with E-state index in [0.717, 1.165) is 0 Å². The number of imide groups is 1. The largest absolute Gasteiger partial charge is 0.461 e. The average molecular weight is 944 g/mol. The molecule has 1 aliphatic rings. The zero-order valence-electron chi connectivity index (χ0n) is 36.2. The number of benzene rings is 1. The van der Waals surface area contributed by atoms with Gasteiger partial charge in [0.05, 0.1) is 19.8 Å². The number of primary amides is 1. The minimum Gasteiger partial charge on any atom is -0.461 e. The Hall–Kier alpha value is -6.61. The van der Waals surface area contributed by atoms with Crippen molar-refractivity contribution in [1.82, 2.24) is 35.8 Å². The molecular formula is C38H57N9O17S. The Kier molecular flexibility index (Phi) is 24.3. The molecule has 1 heterocycles. The number of amides is 9. The van der Waals surface area contributed by atoms with Crippen LogP contribution >= 0.6 is 0 Å². The quantitative estimate of drug-likeness (QED) is 0.0212. The van der Waals surface area contributed by atoms with E-state index < -0.39 is 87.9 Å². The van der Waals surface area contributed by atoms with Crippen LogP contribution in [0.15, 0.2) is 24.3 Å². The lowest BCUT2D eigenvalue weighted by molar-refractivity contribution is -0.197. The van der Waals surface area contributed by atoms with Gasteiger partial charge < -0.3 is 56.1 Å². The molecule has 0 bridgehead atoms. The summed E-state index contributed by atoms with van der Waals surface area (Å²) in [7, 11) is -4.35. The molecule has 0 radical (unpaired) electrons. The van der Waals surface area contributed by atoms with Crippen LogP contribution in [-0.2, 0) is 74.2 Å². The van der Waals surface area contributed by atoms with Gasteiger partial charge in [-0.1, -0.05) is 26.0 Å². The summed E-state index contributed by atoms with van der Waals surface area (Å²) >= 11 is 0. The minimum absolute atomic E-state index is 0.0408. The number of hydroxylamine groups is 2. The van der Waals surface area contributed by atoms with Crippen LogP contribution < -0.4 is 41.8 Å². The molecule has 26 nitrogen and oxygen atoms in total. The third-order valence-corrected chi connectivity index (χ3v) is 9.58. The van der Waals surface area contributed by atoms with Crippen molar-refractivity contribution in [2.24, 2.45) is 11.7 Å². The molecule has 0 spiro atoms. The fourth-order valence-electron chi connectivity index (χ4n) is 5.32. The van der Waals surface area contributed by atoms with Crippen LogP contribution in [0.2, 0.25) is 0 Å². The van der Waals surface area contributed by atoms with Crippen LogP contribution in [0.25, 0.3) is 0 Å². The van der Waals surface area contributed by atoms with E-state index in [2.05, 4.69) is 31.3 Å². The Morgan fingerprint density at radius 1 is 0.754 bits per heavy atom. The molecule has 9 amide bonds. The second-order valence-corrected chi connectivity index (χ2v) is 15.8. The smallest absolute Gasteiger partial charge is 0.421 e. The second kappa shape index (κ2) is 29.0. The zero-order valence-corrected chi connectivity index (χ0v) is 37.0. The number of nitrogens with two attached hydrogens (primary N) is 1. The number of anilines is 1. The Morgan fingerprint density at radius 3 is 2.06 bits per heavy atom. The first-order valence-corrected chi connectivity index (χ1v) is 21.9. The van der Waals surface area contributed by atoms with Gasteiger partial charge in [-0.3, -0.25) is 28.8 Å². The van der Waals surface area contributed by atoms with E-state index in [9.17, 15) is 56.4 Å². The average Bonchev–Trinajstić information content (AvgIpc) is 3.54. The van der Waals surface area contributed by atoms with E-state index in [1.54, 1.807) is 42.8 Å². The van der Waals surface area contributed by atoms with Gasteiger partial charge in [0.2, 0.25) is 17.7 Å². The third-order valence-electron chi connectivity index (χ3n) is 8.56. The van der Waals surface area contributed by atoms with Crippen molar-refractivity contribution in [2.45, 2.75) is 90.8 Å². The number of urea groups is 1. The number of carbonyl (C=O) groups excluding carboxylic acids is 10. The highest BCUT2D eigenvalue weighted by atomic mass is 32.2. The van der Waals surface area contributed by atoms with Gasteiger partial charge in [-0.25, -0.2) is 23.9 Å². The predicted octanol–water partition coefficient (Wildman–Crippen LogP) is -0.767. The van der Waals surface area contributed by atoms with Gasteiger partial charge in [0, 0.05) is 57.9 Å². The Labute approximate surface area is 374 Å². The zero-order chi connectivity index (χ0) is 48.4. The highest BCUT2D eigenvalue weighted by Crippen LogP contribution is 2.14. The molecule has 0 aliphatic carbocycles. The normalized spacial score (nSPS) is 13.2. The lowest BCUT2D eigenvalue weighted by atomic mass is 10.0. The number of hydrogen-bond donors (Lipinski definition) is 8. The first-order valence-electron chi connectivity index (χ1n) is 20.4. The second-order valence-electron chi connectivity index (χ2n) is 14.3. The van der Waals surface area contributed by atoms with Gasteiger partial charge in [0.25, 0.3) is 11.8 Å². The van der Waals surface area contributed by atoms with Crippen LogP contribution in [0.3, 0.4) is 0 Å². The van der Waals surface area contributed by atoms with Crippen LogP contribution in [0.1, 0.15) is 77.7 Å². The summed E-state index contributed by atoms with van der Waals surface area (Å²) in [6.07, 6.45) is -2.09. The minimum atomic E-state index is -4.35. The van der Waals surface area contributed by atoms with Gasteiger partial charge in [-0.15, -0.1) is 5.06 Å². The van der Waals surface area contributed by atoms with Gasteiger partial charge >= 0.3 is 40.4 Å². The summed E-state index contributed by atoms with van der Waals surface area (Å²) in [5.41, 5.74) is 6.18. The highest BCUT2D eigenvalue weighted by Gasteiger charge is 2.33. The molecule has 2 rings (SSSR count). The van der Waals surface area contributed by atoms with E-state index in [1.807, 2.05) is 0 Å². The highest BCUT2D eigenvalue weighted by molar-refractivity contribution is 7.88. The molecule has 1 fully saturated rings. The third kappa shape index (κ3) is 23.6. The number of ether oxygens (including phenoxy) is 4. The molecule has 0 saturated carbocycles. The van der Waals surface area contributed by atoms with E-state index >= 15 is 0 Å². The number of carbonyl (C=O) groups is 10. The van der Waals surface area contributed by atoms with E-state index in [-0.39, 0.29) is 104 Å². The van der Waals surface area contributed by atoms with Crippen LogP contribution in [0.4, 0.5) is 20.1 Å². The lowest BCUT2D eigenvalue weighted by Crippen LogP contribution is -2.54. The number of nitrogens with zero attached hydrogens (tertiary/aromatic N) is 1. The molecule has 362 valence electrons. The number of alkyl carbamates (subject to hydrolysis) is 1. The molecule has 1 unspecified atom stereocenters. The molecule has 1 aliphatic heterocycles. The van der Waals surface area contributed by atoms with Gasteiger partial charge in [-0.2, -0.15) is 13.1 Å². The number of nitrogens with one attached hydrogen (secondary N) is 7. The summed E-state index contributed by atoms with van der Waals surface area (Å²) in [5.74, 6) is -4.71. The van der Waals surface area contributed by atoms with Gasteiger partial charge in [0.1, 0.15) is 25.3 Å². The Morgan fingerprint density at radius 2 is 1.42 bits per heavy atom. The van der Waals surface area contributed by atoms with Crippen molar-refractivity contribution in [2.75, 3.05) is 51.4 Å². The standard InChI is InChI=1S/C38H57N9O17S/c1-24(2)33(35(54)44-28(7-5-16-41-36(39)55)34(53)43-27-12-10-26(11-13-27)23-63-25(3)48)45-37(56)62-22-21-60-20-18-42-65(58,59)46-38(57)61-19-6-17-40-29(49)8-4-9-32(52)64-47-30(50)14-15-31(47)51/h10-13,24,28,33,42H,4-9,14-23H2,1-3H3,(H,40,49)(H,43,53)(H,44,54)(H,45,56)(H,46,57)(H3,39,41,55)/t28-,33?/m1/s1. The number of rotatable bonds is 29. The molecule has 1 aromatic rings. The van der Waals surface area contributed by atoms with E-state index in [0.29, 0.717) is 16.3 Å². The monoisotopic (exact) mass is 943 g/mol. The van der Waals surface area contributed by atoms with Crippen molar-refractivity contribution < 1.29 is 80.1 Å². The van der Waals surface area contributed by atoms with Crippen molar-refractivity contribution >= 4 is 75.6 Å². The fraction of sp³-hybridized carbons (Fsp3) is 0.579. The summed E-state index contributed by atoms with van der Waals surface area (Å²) in [6.45, 7) is 3.59. The van der Waals surface area contributed by atoms with Gasteiger partial charge in [0.15, 0.2) is 0 Å². The summed E-state index contributed by atoms with van der Waals surface area (Å²) in [4.78, 5) is 125. The number of hydrogen-bond acceptors (Lipinski definition) is 17. The molecule has 0 aromatic heterocycles. The van der Waals surface area contributed by atoms with E-state index in [1.165, 1.54) is 6.92 Å². The summed E-state index contributed by atoms with van der Waals surface area (Å²) in [6, 6.07) is 3.44. The molecule has 2 atom stereocenters. The van der Waals surface area contributed by atoms with Crippen molar-refractivity contribution in [3.8, 4) is 0 Å². The predicted molar refractivity (Wildman–Crippen MR) is 223 cm³/mol. The maximum Gasteiger partial charge on any atom is 0.421 e. The van der Waals surface area contributed by atoms with Crippen LogP contribution in [-0.4, -0.2) is 131 Å². The summed E-state index contributed by atoms with van der Waals surface area (Å²) in [5, 5.41) is 13.1. The van der Waals surface area contributed by atoms with Crippen molar-refractivity contribution in [3.05, 3.63) is 29.8 Å². The van der Waals surface area contributed by atoms with Crippen LogP contribution in [0.5, 0.6) is 0 Å². The van der Waals surface area contributed by atoms with E-state index in [4.69, 9.17) is 29.5 Å². The first-order chi connectivity index (χ1) is 30.8. The van der Waals surface area contributed by atoms with Gasteiger partial charge in [-0.05, 0) is 49.3 Å².